The predicted octanol–water partition coefficient (Wildman–Crippen LogP) is 4.15. The lowest BCUT2D eigenvalue weighted by atomic mass is 9.93. The lowest BCUT2D eigenvalue weighted by Crippen LogP contribution is -2.37. The number of rotatable bonds is 6. The molecule has 0 aliphatic carbocycles. The van der Waals surface area contributed by atoms with Crippen LogP contribution in [0.4, 0.5) is 4.39 Å². The van der Waals surface area contributed by atoms with Crippen molar-refractivity contribution in [1.82, 2.24) is 9.80 Å². The monoisotopic (exact) mass is 396 g/mol. The highest BCUT2D eigenvalue weighted by Gasteiger charge is 2.29. The van der Waals surface area contributed by atoms with E-state index in [1.165, 1.54) is 20.1 Å². The molecule has 0 N–H and O–H groups in total. The van der Waals surface area contributed by atoms with Crippen LogP contribution in [0.25, 0.3) is 6.08 Å². The van der Waals surface area contributed by atoms with Gasteiger partial charge in [0.1, 0.15) is 0 Å². The Labute approximate surface area is 170 Å². The van der Waals surface area contributed by atoms with Crippen molar-refractivity contribution in [2.24, 2.45) is 0 Å². The summed E-state index contributed by atoms with van der Waals surface area (Å²) in [6.45, 7) is 4.15. The van der Waals surface area contributed by atoms with Crippen molar-refractivity contribution >= 4 is 17.9 Å². The highest BCUT2D eigenvalue weighted by molar-refractivity contribution is 5.82. The van der Waals surface area contributed by atoms with Crippen molar-refractivity contribution < 1.29 is 18.7 Å². The smallest absolute Gasteiger partial charge is 0.225 e. The molecule has 1 atom stereocenters. The standard InChI is InChI=1S/C23H25FN2O3/c1-4-25(15-17-9-10-22(29-3)20(24)13-17)23(28)14-21-19-8-6-5-7-18(19)11-12-26(21)16(2)27/h5-13,21H,4,14-15H2,1-3H3/t21-/m1/s1. The number of halogens is 1. The first-order chi connectivity index (χ1) is 13.9. The minimum absolute atomic E-state index is 0.0925. The molecule has 1 heterocycles. The SMILES string of the molecule is CCN(Cc1ccc(OC)c(F)c1)C(=O)C[C@@H]1c2ccccc2C=CN1C(C)=O. The number of hydrogen-bond acceptors (Lipinski definition) is 3. The molecule has 0 radical (unpaired) electrons. The second kappa shape index (κ2) is 8.90. The van der Waals surface area contributed by atoms with Gasteiger partial charge in [-0.25, -0.2) is 4.39 Å². The molecule has 2 aromatic carbocycles. The van der Waals surface area contributed by atoms with Crippen LogP contribution in [0.15, 0.2) is 48.7 Å². The topological polar surface area (TPSA) is 49.9 Å². The summed E-state index contributed by atoms with van der Waals surface area (Å²) < 4.78 is 19.0. The average molecular weight is 396 g/mol. The zero-order valence-corrected chi connectivity index (χ0v) is 16.9. The predicted molar refractivity (Wildman–Crippen MR) is 109 cm³/mol. The summed E-state index contributed by atoms with van der Waals surface area (Å²) in [5.74, 6) is -0.493. The molecule has 0 saturated carbocycles. The number of methoxy groups -OCH3 is 1. The van der Waals surface area contributed by atoms with Gasteiger partial charge in [-0.2, -0.15) is 0 Å². The summed E-state index contributed by atoms with van der Waals surface area (Å²) in [5.41, 5.74) is 2.64. The van der Waals surface area contributed by atoms with Gasteiger partial charge in [-0.15, -0.1) is 0 Å². The van der Waals surface area contributed by atoms with Gasteiger partial charge in [0.15, 0.2) is 11.6 Å². The van der Waals surface area contributed by atoms with Gasteiger partial charge < -0.3 is 14.5 Å². The first-order valence-corrected chi connectivity index (χ1v) is 9.60. The molecule has 29 heavy (non-hydrogen) atoms. The normalized spacial score (nSPS) is 15.0. The summed E-state index contributed by atoms with van der Waals surface area (Å²) in [4.78, 5) is 28.5. The highest BCUT2D eigenvalue weighted by Crippen LogP contribution is 2.33. The van der Waals surface area contributed by atoms with E-state index in [4.69, 9.17) is 4.74 Å². The molecule has 2 amide bonds. The minimum Gasteiger partial charge on any atom is -0.494 e. The molecular formula is C23H25FN2O3. The number of carbonyl (C=O) groups excluding carboxylic acids is 2. The average Bonchev–Trinajstić information content (AvgIpc) is 2.72. The van der Waals surface area contributed by atoms with Crippen molar-refractivity contribution in [3.63, 3.8) is 0 Å². The zero-order valence-electron chi connectivity index (χ0n) is 16.9. The third-order valence-electron chi connectivity index (χ3n) is 5.16. The molecule has 0 bridgehead atoms. The van der Waals surface area contributed by atoms with Crippen LogP contribution in [-0.2, 0) is 16.1 Å². The van der Waals surface area contributed by atoms with Gasteiger partial charge in [-0.1, -0.05) is 30.3 Å². The molecule has 0 spiro atoms. The first-order valence-electron chi connectivity index (χ1n) is 9.60. The number of hydrogen-bond donors (Lipinski definition) is 0. The van der Waals surface area contributed by atoms with Crippen LogP contribution in [0, 0.1) is 5.82 Å². The Balaban J connectivity index is 1.80. The summed E-state index contributed by atoms with van der Waals surface area (Å²) in [7, 11) is 1.41. The summed E-state index contributed by atoms with van der Waals surface area (Å²) in [5, 5.41) is 0. The quantitative estimate of drug-likeness (QED) is 0.737. The van der Waals surface area contributed by atoms with Crippen LogP contribution in [0.5, 0.6) is 5.75 Å². The van der Waals surface area contributed by atoms with E-state index in [0.29, 0.717) is 18.7 Å². The van der Waals surface area contributed by atoms with Gasteiger partial charge in [-0.05, 0) is 41.8 Å². The highest BCUT2D eigenvalue weighted by atomic mass is 19.1. The largest absolute Gasteiger partial charge is 0.494 e. The second-order valence-electron chi connectivity index (χ2n) is 6.97. The first kappa shape index (κ1) is 20.6. The van der Waals surface area contributed by atoms with Crippen LogP contribution in [0.3, 0.4) is 0 Å². The van der Waals surface area contributed by atoms with Gasteiger partial charge >= 0.3 is 0 Å². The van der Waals surface area contributed by atoms with E-state index in [1.807, 2.05) is 37.3 Å². The Morgan fingerprint density at radius 2 is 1.97 bits per heavy atom. The fourth-order valence-corrected chi connectivity index (χ4v) is 3.61. The van der Waals surface area contributed by atoms with Crippen LogP contribution < -0.4 is 4.74 Å². The van der Waals surface area contributed by atoms with E-state index >= 15 is 0 Å². The number of carbonyl (C=O) groups is 2. The Bertz CT molecular complexity index is 941. The van der Waals surface area contributed by atoms with Crippen LogP contribution in [0.2, 0.25) is 0 Å². The molecule has 6 heteroatoms. The molecule has 0 fully saturated rings. The molecule has 0 aromatic heterocycles. The van der Waals surface area contributed by atoms with Crippen LogP contribution >= 0.6 is 0 Å². The molecule has 5 nitrogen and oxygen atoms in total. The van der Waals surface area contributed by atoms with Gasteiger partial charge in [0, 0.05) is 26.2 Å². The van der Waals surface area contributed by atoms with Gasteiger partial charge in [-0.3, -0.25) is 9.59 Å². The molecule has 0 unspecified atom stereocenters. The number of nitrogens with zero attached hydrogens (tertiary/aromatic N) is 2. The van der Waals surface area contributed by atoms with E-state index in [1.54, 1.807) is 28.1 Å². The molecule has 152 valence electrons. The maximum Gasteiger partial charge on any atom is 0.225 e. The summed E-state index contributed by atoms with van der Waals surface area (Å²) >= 11 is 0. The third kappa shape index (κ3) is 4.47. The maximum absolute atomic E-state index is 14.0. The Kier molecular flexibility index (Phi) is 6.32. The van der Waals surface area contributed by atoms with Crippen molar-refractivity contribution in [1.29, 1.82) is 0 Å². The molecule has 0 saturated heterocycles. The number of ether oxygens (including phenoxy) is 1. The fraction of sp³-hybridized carbons (Fsp3) is 0.304. The molecule has 3 rings (SSSR count). The molecular weight excluding hydrogens is 371 g/mol. The molecule has 1 aliphatic heterocycles. The fourth-order valence-electron chi connectivity index (χ4n) is 3.61. The Hall–Kier alpha value is -3.15. The zero-order chi connectivity index (χ0) is 21.0. The van der Waals surface area contributed by atoms with Crippen LogP contribution in [0.1, 0.15) is 43.0 Å². The van der Waals surface area contributed by atoms with E-state index in [0.717, 1.165) is 11.1 Å². The summed E-state index contributed by atoms with van der Waals surface area (Å²) in [6, 6.07) is 12.1. The van der Waals surface area contributed by atoms with Gasteiger partial charge in [0.05, 0.1) is 19.6 Å². The van der Waals surface area contributed by atoms with Crippen molar-refractivity contribution in [3.8, 4) is 5.75 Å². The second-order valence-corrected chi connectivity index (χ2v) is 6.97. The van der Waals surface area contributed by atoms with Gasteiger partial charge in [0.25, 0.3) is 0 Å². The lowest BCUT2D eigenvalue weighted by Gasteiger charge is -2.33. The molecule has 1 aliphatic rings. The maximum atomic E-state index is 14.0. The van der Waals surface area contributed by atoms with Crippen LogP contribution in [-0.4, -0.2) is 35.3 Å². The molecule has 2 aromatic rings. The Morgan fingerprint density at radius 3 is 2.62 bits per heavy atom. The number of fused-ring (bicyclic) bond motifs is 1. The van der Waals surface area contributed by atoms with Gasteiger partial charge in [0.2, 0.25) is 11.8 Å². The van der Waals surface area contributed by atoms with Crippen molar-refractivity contribution in [2.75, 3.05) is 13.7 Å². The van der Waals surface area contributed by atoms with E-state index in [-0.39, 0.29) is 30.0 Å². The van der Waals surface area contributed by atoms with E-state index in [9.17, 15) is 14.0 Å². The third-order valence-corrected chi connectivity index (χ3v) is 5.16. The van der Waals surface area contributed by atoms with E-state index in [2.05, 4.69) is 0 Å². The Morgan fingerprint density at radius 1 is 1.21 bits per heavy atom. The minimum atomic E-state index is -0.456. The summed E-state index contributed by atoms with van der Waals surface area (Å²) in [6.07, 6.45) is 3.78. The number of benzene rings is 2. The van der Waals surface area contributed by atoms with Crippen molar-refractivity contribution in [3.05, 3.63) is 71.2 Å². The lowest BCUT2D eigenvalue weighted by molar-refractivity contribution is -0.135. The van der Waals surface area contributed by atoms with E-state index < -0.39 is 5.82 Å². The van der Waals surface area contributed by atoms with Crippen molar-refractivity contribution in [2.45, 2.75) is 32.9 Å². The number of amides is 2.